The summed E-state index contributed by atoms with van der Waals surface area (Å²) < 4.78 is 31.9. The predicted octanol–water partition coefficient (Wildman–Crippen LogP) is 6.08. The fourth-order valence-electron chi connectivity index (χ4n) is 4.89. The highest BCUT2D eigenvalue weighted by Crippen LogP contribution is 2.44. The number of amides is 1. The topological polar surface area (TPSA) is 69.7 Å². The Morgan fingerprint density at radius 2 is 1.63 bits per heavy atom. The van der Waals surface area contributed by atoms with Gasteiger partial charge in [0.05, 0.1) is 11.2 Å². The maximum atomic E-state index is 13.7. The molecule has 0 atom stereocenters. The molecule has 2 aliphatic rings. The zero-order chi connectivity index (χ0) is 27.1. The fourth-order valence-corrected chi connectivity index (χ4v) is 4.89. The lowest BCUT2D eigenvalue weighted by atomic mass is 9.77. The van der Waals surface area contributed by atoms with Crippen LogP contribution >= 0.6 is 0 Å². The van der Waals surface area contributed by atoms with Crippen molar-refractivity contribution in [3.8, 4) is 11.1 Å². The van der Waals surface area contributed by atoms with E-state index in [0.29, 0.717) is 16.6 Å². The molecule has 8 heteroatoms. The van der Waals surface area contributed by atoms with E-state index < -0.39 is 30.4 Å². The summed E-state index contributed by atoms with van der Waals surface area (Å²) in [6.07, 6.45) is 2.72. The van der Waals surface area contributed by atoms with Gasteiger partial charge in [0, 0.05) is 24.2 Å². The van der Waals surface area contributed by atoms with Crippen LogP contribution in [-0.4, -0.2) is 42.5 Å². The van der Waals surface area contributed by atoms with Gasteiger partial charge in [-0.2, -0.15) is 4.39 Å². The molecule has 6 nitrogen and oxygen atoms in total. The van der Waals surface area contributed by atoms with Gasteiger partial charge in [-0.15, -0.1) is 0 Å². The van der Waals surface area contributed by atoms with Crippen LogP contribution in [0.1, 0.15) is 55.9 Å². The van der Waals surface area contributed by atoms with E-state index in [1.165, 1.54) is 17.3 Å². The molecule has 1 amide bonds. The molecule has 1 aliphatic heterocycles. The number of aryl methyl sites for hydroxylation is 1. The molecular weight excluding hydrogens is 482 g/mol. The summed E-state index contributed by atoms with van der Waals surface area (Å²) in [6, 6.07) is 18.1. The third-order valence-electron chi connectivity index (χ3n) is 7.72. The van der Waals surface area contributed by atoms with Gasteiger partial charge in [-0.05, 0) is 74.0 Å². The van der Waals surface area contributed by atoms with Crippen LogP contribution in [-0.2, 0) is 14.0 Å². The van der Waals surface area contributed by atoms with Gasteiger partial charge in [0.2, 0.25) is 5.95 Å². The molecule has 0 saturated carbocycles. The Hall–Kier alpha value is -3.49. The van der Waals surface area contributed by atoms with Gasteiger partial charge in [0.1, 0.15) is 6.61 Å². The van der Waals surface area contributed by atoms with Crippen LogP contribution in [0.4, 0.5) is 9.18 Å². The zero-order valence-electron chi connectivity index (χ0n) is 22.4. The van der Waals surface area contributed by atoms with Gasteiger partial charge in [0.15, 0.2) is 0 Å². The largest absolute Gasteiger partial charge is 0.492 e. The van der Waals surface area contributed by atoms with Crippen molar-refractivity contribution in [1.29, 1.82) is 0 Å². The van der Waals surface area contributed by atoms with Gasteiger partial charge >= 0.3 is 13.2 Å². The first-order valence-corrected chi connectivity index (χ1v) is 12.8. The standard InChI is InChI=1S/C30H32BFN2O4/c1-19-14-20(16-33-27(19)32)15-21(31-37-29(2,3)30(4,5)38-31)17-34-28(35)36-18-26-24-12-8-6-10-22(24)23-11-7-9-13-25(23)26/h6-16,26H,17-18H2,1-5H3,(H,34,35). The molecule has 0 bridgehead atoms. The van der Waals surface area contributed by atoms with Crippen molar-refractivity contribution in [2.75, 3.05) is 13.2 Å². The predicted molar refractivity (Wildman–Crippen MR) is 146 cm³/mol. The number of pyridine rings is 1. The number of alkyl carbamates (subject to hydrolysis) is 1. The van der Waals surface area contributed by atoms with Crippen molar-refractivity contribution in [2.45, 2.75) is 51.7 Å². The average molecular weight is 514 g/mol. The maximum Gasteiger partial charge on any atom is 0.492 e. The molecule has 1 aromatic heterocycles. The SMILES string of the molecule is Cc1cc(C=C(CNC(=O)OCC2c3ccccc3-c3ccccc32)B2OC(C)(C)C(C)(C)O2)cnc1F. The van der Waals surface area contributed by atoms with Crippen LogP contribution in [0.15, 0.2) is 66.3 Å². The second-order valence-electron chi connectivity index (χ2n) is 10.9. The highest BCUT2D eigenvalue weighted by molar-refractivity contribution is 6.56. The Bertz CT molecular complexity index is 1340. The van der Waals surface area contributed by atoms with Crippen LogP contribution in [0, 0.1) is 12.9 Å². The summed E-state index contributed by atoms with van der Waals surface area (Å²) in [5.74, 6) is -0.546. The van der Waals surface area contributed by atoms with Gasteiger partial charge in [-0.1, -0.05) is 54.6 Å². The minimum absolute atomic E-state index is 0.0282. The minimum atomic E-state index is -0.695. The van der Waals surface area contributed by atoms with Crippen molar-refractivity contribution in [3.05, 3.63) is 94.5 Å². The van der Waals surface area contributed by atoms with E-state index in [9.17, 15) is 9.18 Å². The number of benzene rings is 2. The summed E-state index contributed by atoms with van der Waals surface area (Å²) >= 11 is 0. The second-order valence-corrected chi connectivity index (χ2v) is 10.9. The van der Waals surface area contributed by atoms with Crippen molar-refractivity contribution < 1.29 is 23.2 Å². The maximum absolute atomic E-state index is 13.7. The zero-order valence-corrected chi connectivity index (χ0v) is 22.4. The first-order chi connectivity index (χ1) is 18.1. The number of nitrogens with zero attached hydrogens (tertiary/aromatic N) is 1. The van der Waals surface area contributed by atoms with E-state index >= 15 is 0 Å². The minimum Gasteiger partial charge on any atom is -0.449 e. The highest BCUT2D eigenvalue weighted by atomic mass is 19.1. The van der Waals surface area contributed by atoms with E-state index in [1.54, 1.807) is 13.0 Å². The molecule has 196 valence electrons. The van der Waals surface area contributed by atoms with Crippen molar-refractivity contribution in [3.63, 3.8) is 0 Å². The lowest BCUT2D eigenvalue weighted by molar-refractivity contribution is 0.00578. The molecule has 1 aliphatic carbocycles. The molecule has 1 saturated heterocycles. The normalized spacial score (nSPS) is 17.7. The smallest absolute Gasteiger partial charge is 0.449 e. The van der Waals surface area contributed by atoms with Crippen LogP contribution in [0.5, 0.6) is 0 Å². The third kappa shape index (κ3) is 4.98. The molecule has 1 N–H and O–H groups in total. The molecular formula is C30H32BFN2O4. The first-order valence-electron chi connectivity index (χ1n) is 12.8. The monoisotopic (exact) mass is 514 g/mol. The average Bonchev–Trinajstić information content (AvgIpc) is 3.31. The molecule has 5 rings (SSSR count). The summed E-state index contributed by atoms with van der Waals surface area (Å²) in [5, 5.41) is 2.85. The van der Waals surface area contributed by atoms with Gasteiger partial charge in [-0.25, -0.2) is 9.78 Å². The fraction of sp³-hybridized carbons (Fsp3) is 0.333. The first kappa shape index (κ1) is 26.1. The number of ether oxygens (including phenoxy) is 1. The van der Waals surface area contributed by atoms with Gasteiger partial charge in [-0.3, -0.25) is 0 Å². The summed E-state index contributed by atoms with van der Waals surface area (Å²) in [7, 11) is -0.695. The number of carbonyl (C=O) groups excluding carboxylic acids is 1. The van der Waals surface area contributed by atoms with E-state index in [-0.39, 0.29) is 19.1 Å². The third-order valence-corrected chi connectivity index (χ3v) is 7.72. The van der Waals surface area contributed by atoms with Crippen LogP contribution < -0.4 is 5.32 Å². The Labute approximate surface area is 223 Å². The molecule has 1 fully saturated rings. The number of rotatable bonds is 6. The van der Waals surface area contributed by atoms with Gasteiger partial charge < -0.3 is 19.4 Å². The number of nitrogens with one attached hydrogen (secondary N) is 1. The Morgan fingerprint density at radius 3 is 2.21 bits per heavy atom. The van der Waals surface area contributed by atoms with E-state index in [1.807, 2.05) is 58.0 Å². The molecule has 0 radical (unpaired) electrons. The molecule has 0 unspecified atom stereocenters. The van der Waals surface area contributed by atoms with Crippen LogP contribution in [0.3, 0.4) is 0 Å². The number of aromatic nitrogens is 1. The number of fused-ring (bicyclic) bond motifs is 3. The van der Waals surface area contributed by atoms with Crippen LogP contribution in [0.25, 0.3) is 17.2 Å². The highest BCUT2D eigenvalue weighted by Gasteiger charge is 2.52. The van der Waals surface area contributed by atoms with Crippen molar-refractivity contribution in [2.24, 2.45) is 0 Å². The van der Waals surface area contributed by atoms with E-state index in [0.717, 1.165) is 11.1 Å². The molecule has 2 heterocycles. The summed E-state index contributed by atoms with van der Waals surface area (Å²) in [6.45, 7) is 9.87. The number of carbonyl (C=O) groups is 1. The summed E-state index contributed by atoms with van der Waals surface area (Å²) in [4.78, 5) is 16.7. The lowest BCUT2D eigenvalue weighted by Gasteiger charge is -2.32. The van der Waals surface area contributed by atoms with Gasteiger partial charge in [0.25, 0.3) is 0 Å². The second kappa shape index (κ2) is 10.0. The Kier molecular flexibility index (Phi) is 6.88. The van der Waals surface area contributed by atoms with Crippen molar-refractivity contribution >= 4 is 19.3 Å². The van der Waals surface area contributed by atoms with Crippen molar-refractivity contribution in [1.82, 2.24) is 10.3 Å². The van der Waals surface area contributed by atoms with E-state index in [2.05, 4.69) is 34.6 Å². The molecule has 3 aromatic rings. The molecule has 0 spiro atoms. The number of hydrogen-bond acceptors (Lipinski definition) is 5. The van der Waals surface area contributed by atoms with Crippen LogP contribution in [0.2, 0.25) is 0 Å². The lowest BCUT2D eigenvalue weighted by Crippen LogP contribution is -2.41. The van der Waals surface area contributed by atoms with E-state index in [4.69, 9.17) is 14.0 Å². The number of halogens is 1. The number of hydrogen-bond donors (Lipinski definition) is 1. The Balaban J connectivity index is 1.30. The summed E-state index contributed by atoms with van der Waals surface area (Å²) in [5.41, 5.74) is 5.31. The molecule has 2 aromatic carbocycles. The molecule has 38 heavy (non-hydrogen) atoms. The quantitative estimate of drug-likeness (QED) is 0.319. The Morgan fingerprint density at radius 1 is 1.05 bits per heavy atom.